The van der Waals surface area contributed by atoms with Gasteiger partial charge in [0.05, 0.1) is 20.3 Å². The summed E-state index contributed by atoms with van der Waals surface area (Å²) >= 11 is 0. The molecule has 0 aliphatic rings. The van der Waals surface area contributed by atoms with Crippen LogP contribution in [-0.2, 0) is 0 Å². The van der Waals surface area contributed by atoms with Crippen molar-refractivity contribution in [3.8, 4) is 11.5 Å². The molecule has 0 fully saturated rings. The van der Waals surface area contributed by atoms with Crippen molar-refractivity contribution in [2.45, 2.75) is 13.0 Å². The van der Waals surface area contributed by atoms with Crippen LogP contribution in [0, 0.1) is 0 Å². The van der Waals surface area contributed by atoms with Crippen LogP contribution in [-0.4, -0.2) is 14.2 Å². The highest BCUT2D eigenvalue weighted by Gasteiger charge is 2.12. The van der Waals surface area contributed by atoms with E-state index in [9.17, 15) is 0 Å². The Hall–Kier alpha value is -2.16. The van der Waals surface area contributed by atoms with Gasteiger partial charge in [0.2, 0.25) is 0 Å². The van der Waals surface area contributed by atoms with Crippen molar-refractivity contribution < 1.29 is 9.47 Å². The van der Waals surface area contributed by atoms with Gasteiger partial charge in [0.15, 0.2) is 0 Å². The summed E-state index contributed by atoms with van der Waals surface area (Å²) in [5.74, 6) is 1.69. The van der Waals surface area contributed by atoms with Gasteiger partial charge < -0.3 is 14.8 Å². The van der Waals surface area contributed by atoms with E-state index in [0.29, 0.717) is 0 Å². The zero-order valence-electron chi connectivity index (χ0n) is 11.5. The molecule has 0 saturated heterocycles. The average Bonchev–Trinajstić information content (AvgIpc) is 2.47. The first kappa shape index (κ1) is 13.3. The van der Waals surface area contributed by atoms with E-state index in [1.807, 2.05) is 48.5 Å². The van der Waals surface area contributed by atoms with Crippen molar-refractivity contribution in [2.75, 3.05) is 19.5 Å². The van der Waals surface area contributed by atoms with E-state index >= 15 is 0 Å². The lowest BCUT2D eigenvalue weighted by Crippen LogP contribution is -2.08. The largest absolute Gasteiger partial charge is 0.497 e. The third-order valence-electron chi connectivity index (χ3n) is 3.06. The fourth-order valence-electron chi connectivity index (χ4n) is 2.04. The number of nitrogens with one attached hydrogen (secondary N) is 1. The van der Waals surface area contributed by atoms with Crippen molar-refractivity contribution in [3.63, 3.8) is 0 Å². The third-order valence-corrected chi connectivity index (χ3v) is 3.06. The Morgan fingerprint density at radius 1 is 0.947 bits per heavy atom. The van der Waals surface area contributed by atoms with E-state index in [-0.39, 0.29) is 6.04 Å². The molecule has 0 spiro atoms. The van der Waals surface area contributed by atoms with Crippen LogP contribution in [0.4, 0.5) is 5.69 Å². The van der Waals surface area contributed by atoms with Crippen LogP contribution >= 0.6 is 0 Å². The Morgan fingerprint density at radius 2 is 1.68 bits per heavy atom. The maximum atomic E-state index is 5.41. The number of methoxy groups -OCH3 is 2. The minimum absolute atomic E-state index is 0.132. The van der Waals surface area contributed by atoms with Crippen LogP contribution in [0.25, 0.3) is 0 Å². The third kappa shape index (κ3) is 3.19. The number of hydrogen-bond donors (Lipinski definition) is 1. The lowest BCUT2D eigenvalue weighted by molar-refractivity contribution is 0.397. The monoisotopic (exact) mass is 257 g/mol. The zero-order chi connectivity index (χ0) is 13.7. The standard InChI is InChI=1S/C16H19NO2/c1-12(17-13-7-5-4-6-8-13)15-11-14(18-2)9-10-16(15)19-3/h4-12,17H,1-3H3. The number of para-hydroxylation sites is 1. The maximum absolute atomic E-state index is 5.41. The molecular weight excluding hydrogens is 238 g/mol. The van der Waals surface area contributed by atoms with Crippen LogP contribution < -0.4 is 14.8 Å². The molecule has 2 aromatic carbocycles. The van der Waals surface area contributed by atoms with Crippen molar-refractivity contribution in [3.05, 3.63) is 54.1 Å². The molecule has 2 rings (SSSR count). The number of rotatable bonds is 5. The Morgan fingerprint density at radius 3 is 2.32 bits per heavy atom. The lowest BCUT2D eigenvalue weighted by atomic mass is 10.1. The molecule has 0 heterocycles. The molecule has 0 bridgehead atoms. The average molecular weight is 257 g/mol. The van der Waals surface area contributed by atoms with Gasteiger partial charge in [-0.05, 0) is 37.3 Å². The first-order valence-corrected chi connectivity index (χ1v) is 6.28. The second-order valence-corrected chi connectivity index (χ2v) is 4.34. The van der Waals surface area contributed by atoms with Gasteiger partial charge in [-0.25, -0.2) is 0 Å². The zero-order valence-corrected chi connectivity index (χ0v) is 11.5. The van der Waals surface area contributed by atoms with Crippen LogP contribution in [0.5, 0.6) is 11.5 Å². The molecule has 100 valence electrons. The molecular formula is C16H19NO2. The SMILES string of the molecule is COc1ccc(OC)c(C(C)Nc2ccccc2)c1. The summed E-state index contributed by atoms with van der Waals surface area (Å²) in [4.78, 5) is 0. The van der Waals surface area contributed by atoms with Gasteiger partial charge in [0.25, 0.3) is 0 Å². The summed E-state index contributed by atoms with van der Waals surface area (Å²) in [5.41, 5.74) is 2.16. The number of anilines is 1. The smallest absolute Gasteiger partial charge is 0.124 e. The van der Waals surface area contributed by atoms with Gasteiger partial charge >= 0.3 is 0 Å². The Bertz CT molecular complexity index is 526. The summed E-state index contributed by atoms with van der Waals surface area (Å²) in [7, 11) is 3.35. The number of ether oxygens (including phenoxy) is 2. The van der Waals surface area contributed by atoms with Crippen LogP contribution in [0.1, 0.15) is 18.5 Å². The number of benzene rings is 2. The van der Waals surface area contributed by atoms with Gasteiger partial charge in [-0.15, -0.1) is 0 Å². The van der Waals surface area contributed by atoms with Crippen molar-refractivity contribution in [2.24, 2.45) is 0 Å². The first-order chi connectivity index (χ1) is 9.24. The molecule has 0 saturated carbocycles. The first-order valence-electron chi connectivity index (χ1n) is 6.28. The van der Waals surface area contributed by atoms with Gasteiger partial charge in [0.1, 0.15) is 11.5 Å². The van der Waals surface area contributed by atoms with Crippen molar-refractivity contribution >= 4 is 5.69 Å². The fourth-order valence-corrected chi connectivity index (χ4v) is 2.04. The quantitative estimate of drug-likeness (QED) is 0.881. The van der Waals surface area contributed by atoms with Gasteiger partial charge in [-0.2, -0.15) is 0 Å². The Balaban J connectivity index is 2.24. The lowest BCUT2D eigenvalue weighted by Gasteiger charge is -2.19. The number of hydrogen-bond acceptors (Lipinski definition) is 3. The van der Waals surface area contributed by atoms with E-state index < -0.39 is 0 Å². The van der Waals surface area contributed by atoms with Crippen LogP contribution in [0.15, 0.2) is 48.5 Å². The molecule has 0 aliphatic carbocycles. The predicted octanol–water partition coefficient (Wildman–Crippen LogP) is 3.88. The van der Waals surface area contributed by atoms with Gasteiger partial charge in [-0.3, -0.25) is 0 Å². The van der Waals surface area contributed by atoms with Gasteiger partial charge in [-0.1, -0.05) is 18.2 Å². The van der Waals surface area contributed by atoms with E-state index in [1.54, 1.807) is 14.2 Å². The van der Waals surface area contributed by atoms with E-state index in [2.05, 4.69) is 12.2 Å². The summed E-state index contributed by atoms with van der Waals surface area (Å²) < 4.78 is 10.7. The van der Waals surface area contributed by atoms with E-state index in [0.717, 1.165) is 22.7 Å². The fraction of sp³-hybridized carbons (Fsp3) is 0.250. The van der Waals surface area contributed by atoms with Crippen LogP contribution in [0.3, 0.4) is 0 Å². The van der Waals surface area contributed by atoms with Crippen molar-refractivity contribution in [1.82, 2.24) is 0 Å². The van der Waals surface area contributed by atoms with Gasteiger partial charge in [0, 0.05) is 11.3 Å². The molecule has 2 aromatic rings. The molecule has 0 radical (unpaired) electrons. The second kappa shape index (κ2) is 6.14. The topological polar surface area (TPSA) is 30.5 Å². The van der Waals surface area contributed by atoms with E-state index in [4.69, 9.17) is 9.47 Å². The molecule has 3 heteroatoms. The molecule has 0 amide bonds. The summed E-state index contributed by atoms with van der Waals surface area (Å²) in [5, 5.41) is 3.45. The Labute approximate surface area is 114 Å². The molecule has 1 unspecified atom stereocenters. The van der Waals surface area contributed by atoms with Crippen LogP contribution in [0.2, 0.25) is 0 Å². The minimum Gasteiger partial charge on any atom is -0.497 e. The molecule has 3 nitrogen and oxygen atoms in total. The summed E-state index contributed by atoms with van der Waals surface area (Å²) in [6, 6.07) is 16.1. The summed E-state index contributed by atoms with van der Waals surface area (Å²) in [6.45, 7) is 2.10. The molecule has 0 aliphatic heterocycles. The maximum Gasteiger partial charge on any atom is 0.124 e. The molecule has 1 N–H and O–H groups in total. The molecule has 1 atom stereocenters. The Kier molecular flexibility index (Phi) is 4.29. The summed E-state index contributed by atoms with van der Waals surface area (Å²) in [6.07, 6.45) is 0. The van der Waals surface area contributed by atoms with E-state index in [1.165, 1.54) is 0 Å². The predicted molar refractivity (Wildman–Crippen MR) is 78.0 cm³/mol. The molecule has 19 heavy (non-hydrogen) atoms. The highest BCUT2D eigenvalue weighted by atomic mass is 16.5. The molecule has 0 aromatic heterocycles. The highest BCUT2D eigenvalue weighted by molar-refractivity contribution is 5.49. The highest BCUT2D eigenvalue weighted by Crippen LogP contribution is 2.31. The van der Waals surface area contributed by atoms with Crippen molar-refractivity contribution in [1.29, 1.82) is 0 Å². The minimum atomic E-state index is 0.132. The second-order valence-electron chi connectivity index (χ2n) is 4.34. The normalized spacial score (nSPS) is 11.7.